The van der Waals surface area contributed by atoms with Crippen LogP contribution in [0.25, 0.3) is 0 Å². The van der Waals surface area contributed by atoms with Crippen LogP contribution in [-0.2, 0) is 6.54 Å². The number of pyridine rings is 1. The summed E-state index contributed by atoms with van der Waals surface area (Å²) in [4.78, 5) is 4.00. The van der Waals surface area contributed by atoms with Crippen molar-refractivity contribution in [2.75, 3.05) is 0 Å². The summed E-state index contributed by atoms with van der Waals surface area (Å²) < 4.78 is 20.0. The summed E-state index contributed by atoms with van der Waals surface area (Å²) >= 11 is 0. The van der Waals surface area contributed by atoms with Crippen LogP contribution in [0.5, 0.6) is 11.6 Å². The summed E-state index contributed by atoms with van der Waals surface area (Å²) in [6.07, 6.45) is 1.57. The van der Waals surface area contributed by atoms with Gasteiger partial charge in [-0.05, 0) is 43.2 Å². The van der Waals surface area contributed by atoms with E-state index in [-0.39, 0.29) is 5.88 Å². The average molecular weight is 288 g/mol. The molecule has 0 aliphatic rings. The maximum atomic E-state index is 14.4. The molecule has 0 radical (unpaired) electrons. The van der Waals surface area contributed by atoms with Crippen LogP contribution in [0.1, 0.15) is 30.5 Å². The van der Waals surface area contributed by atoms with E-state index in [0.717, 1.165) is 11.1 Å². The number of aryl methyl sites for hydroxylation is 2. The predicted molar refractivity (Wildman–Crippen MR) is 82.2 cm³/mol. The standard InChI is InChI=1S/C17H21FN2O/c1-11(2)20-10-14-5-6-19-17(16(14)18)21-15-8-12(3)7-13(4)9-15/h5-9,11,20H,10H2,1-4H3. The minimum absolute atomic E-state index is 0.0167. The first-order chi connectivity index (χ1) is 9.95. The molecular formula is C17H21FN2O. The second-order valence-corrected chi connectivity index (χ2v) is 5.55. The van der Waals surface area contributed by atoms with Gasteiger partial charge in [0.05, 0.1) is 0 Å². The van der Waals surface area contributed by atoms with Crippen LogP contribution in [0.3, 0.4) is 0 Å². The van der Waals surface area contributed by atoms with E-state index >= 15 is 0 Å². The summed E-state index contributed by atoms with van der Waals surface area (Å²) in [5.74, 6) is 0.209. The van der Waals surface area contributed by atoms with Gasteiger partial charge in [-0.25, -0.2) is 9.37 Å². The summed E-state index contributed by atoms with van der Waals surface area (Å²) in [6.45, 7) is 8.45. The maximum Gasteiger partial charge on any atom is 0.256 e. The Hall–Kier alpha value is -1.94. The van der Waals surface area contributed by atoms with Crippen LogP contribution in [0, 0.1) is 19.7 Å². The molecule has 2 rings (SSSR count). The monoisotopic (exact) mass is 288 g/mol. The molecule has 0 saturated heterocycles. The molecule has 0 atom stereocenters. The minimum atomic E-state index is -0.412. The predicted octanol–water partition coefficient (Wildman–Crippen LogP) is 4.13. The zero-order chi connectivity index (χ0) is 15.4. The maximum absolute atomic E-state index is 14.4. The summed E-state index contributed by atoms with van der Waals surface area (Å²) in [5.41, 5.74) is 2.70. The lowest BCUT2D eigenvalue weighted by atomic mass is 10.1. The molecular weight excluding hydrogens is 267 g/mol. The number of hydrogen-bond acceptors (Lipinski definition) is 3. The highest BCUT2D eigenvalue weighted by molar-refractivity contribution is 5.36. The molecule has 21 heavy (non-hydrogen) atoms. The fraction of sp³-hybridized carbons (Fsp3) is 0.353. The molecule has 0 amide bonds. The van der Waals surface area contributed by atoms with E-state index in [0.29, 0.717) is 23.9 Å². The van der Waals surface area contributed by atoms with Crippen molar-refractivity contribution in [1.29, 1.82) is 0 Å². The first-order valence-electron chi connectivity index (χ1n) is 7.08. The Morgan fingerprint density at radius 3 is 2.48 bits per heavy atom. The first kappa shape index (κ1) is 15.4. The third-order valence-corrected chi connectivity index (χ3v) is 3.05. The first-order valence-corrected chi connectivity index (χ1v) is 7.08. The summed E-state index contributed by atoms with van der Waals surface area (Å²) in [7, 11) is 0. The number of benzene rings is 1. The fourth-order valence-corrected chi connectivity index (χ4v) is 2.09. The lowest BCUT2D eigenvalue weighted by Gasteiger charge is -2.12. The van der Waals surface area contributed by atoms with Crippen LogP contribution in [0.2, 0.25) is 0 Å². The second-order valence-electron chi connectivity index (χ2n) is 5.55. The Morgan fingerprint density at radius 1 is 1.19 bits per heavy atom. The zero-order valence-electron chi connectivity index (χ0n) is 12.9. The Labute approximate surface area is 125 Å². The van der Waals surface area contributed by atoms with Gasteiger partial charge < -0.3 is 10.1 Å². The number of halogens is 1. The van der Waals surface area contributed by atoms with E-state index in [4.69, 9.17) is 4.74 Å². The van der Waals surface area contributed by atoms with Crippen LogP contribution >= 0.6 is 0 Å². The van der Waals surface area contributed by atoms with Gasteiger partial charge in [0.2, 0.25) is 0 Å². The topological polar surface area (TPSA) is 34.1 Å². The van der Waals surface area contributed by atoms with Crippen LogP contribution in [0.4, 0.5) is 4.39 Å². The molecule has 1 heterocycles. The molecule has 1 aromatic carbocycles. The number of aromatic nitrogens is 1. The third-order valence-electron chi connectivity index (χ3n) is 3.05. The average Bonchev–Trinajstić information content (AvgIpc) is 2.38. The molecule has 2 aromatic rings. The van der Waals surface area contributed by atoms with Crippen molar-refractivity contribution in [2.45, 2.75) is 40.3 Å². The Balaban J connectivity index is 2.22. The van der Waals surface area contributed by atoms with Gasteiger partial charge in [-0.1, -0.05) is 19.9 Å². The number of nitrogens with one attached hydrogen (secondary N) is 1. The summed E-state index contributed by atoms with van der Waals surface area (Å²) in [5, 5.41) is 3.19. The largest absolute Gasteiger partial charge is 0.436 e. The normalized spacial score (nSPS) is 11.0. The van der Waals surface area contributed by atoms with Crippen molar-refractivity contribution in [3.8, 4) is 11.6 Å². The van der Waals surface area contributed by atoms with Gasteiger partial charge in [0, 0.05) is 24.3 Å². The molecule has 3 nitrogen and oxygen atoms in total. The summed E-state index contributed by atoms with van der Waals surface area (Å²) in [6, 6.07) is 7.74. The molecule has 112 valence electrons. The molecule has 4 heteroatoms. The molecule has 0 spiro atoms. The highest BCUT2D eigenvalue weighted by Gasteiger charge is 2.12. The van der Waals surface area contributed by atoms with Crippen LogP contribution in [0.15, 0.2) is 30.5 Å². The smallest absolute Gasteiger partial charge is 0.256 e. The number of hydrogen-bond donors (Lipinski definition) is 1. The number of ether oxygens (including phenoxy) is 1. The molecule has 0 fully saturated rings. The van der Waals surface area contributed by atoms with Gasteiger partial charge in [0.15, 0.2) is 5.82 Å². The molecule has 0 saturated carbocycles. The molecule has 1 N–H and O–H groups in total. The van der Waals surface area contributed by atoms with E-state index in [1.807, 2.05) is 45.9 Å². The van der Waals surface area contributed by atoms with Gasteiger partial charge in [-0.2, -0.15) is 0 Å². The molecule has 0 aliphatic heterocycles. The third kappa shape index (κ3) is 4.26. The lowest BCUT2D eigenvalue weighted by molar-refractivity contribution is 0.416. The Morgan fingerprint density at radius 2 is 1.86 bits per heavy atom. The molecule has 0 bridgehead atoms. The number of rotatable bonds is 5. The van der Waals surface area contributed by atoms with E-state index in [9.17, 15) is 4.39 Å². The highest BCUT2D eigenvalue weighted by atomic mass is 19.1. The minimum Gasteiger partial charge on any atom is -0.436 e. The lowest BCUT2D eigenvalue weighted by Crippen LogP contribution is -2.22. The van der Waals surface area contributed by atoms with E-state index in [1.54, 1.807) is 12.3 Å². The van der Waals surface area contributed by atoms with Crippen molar-refractivity contribution >= 4 is 0 Å². The number of nitrogens with zero attached hydrogens (tertiary/aromatic N) is 1. The second kappa shape index (κ2) is 6.68. The van der Waals surface area contributed by atoms with Gasteiger partial charge in [0.25, 0.3) is 5.88 Å². The quantitative estimate of drug-likeness (QED) is 0.898. The van der Waals surface area contributed by atoms with Crippen LogP contribution < -0.4 is 10.1 Å². The molecule has 0 unspecified atom stereocenters. The van der Waals surface area contributed by atoms with Crippen molar-refractivity contribution in [1.82, 2.24) is 10.3 Å². The molecule has 0 aliphatic carbocycles. The SMILES string of the molecule is Cc1cc(C)cc(Oc2nccc(CNC(C)C)c2F)c1. The van der Waals surface area contributed by atoms with E-state index < -0.39 is 5.82 Å². The van der Waals surface area contributed by atoms with E-state index in [1.165, 1.54) is 0 Å². The Kier molecular flexibility index (Phi) is 4.91. The van der Waals surface area contributed by atoms with Gasteiger partial charge in [-0.3, -0.25) is 0 Å². The zero-order valence-corrected chi connectivity index (χ0v) is 12.9. The van der Waals surface area contributed by atoms with Gasteiger partial charge >= 0.3 is 0 Å². The van der Waals surface area contributed by atoms with Crippen molar-refractivity contribution < 1.29 is 9.13 Å². The van der Waals surface area contributed by atoms with Crippen molar-refractivity contribution in [2.24, 2.45) is 0 Å². The van der Waals surface area contributed by atoms with Crippen LogP contribution in [-0.4, -0.2) is 11.0 Å². The fourth-order valence-electron chi connectivity index (χ4n) is 2.09. The highest BCUT2D eigenvalue weighted by Crippen LogP contribution is 2.25. The van der Waals surface area contributed by atoms with E-state index in [2.05, 4.69) is 10.3 Å². The van der Waals surface area contributed by atoms with Crippen molar-refractivity contribution in [3.05, 3.63) is 53.0 Å². The molecule has 1 aromatic heterocycles. The van der Waals surface area contributed by atoms with Gasteiger partial charge in [-0.15, -0.1) is 0 Å². The Bertz CT molecular complexity index is 606. The van der Waals surface area contributed by atoms with Crippen molar-refractivity contribution in [3.63, 3.8) is 0 Å². The van der Waals surface area contributed by atoms with Gasteiger partial charge in [0.1, 0.15) is 5.75 Å².